The van der Waals surface area contributed by atoms with Crippen molar-refractivity contribution in [3.63, 3.8) is 0 Å². The fraction of sp³-hybridized carbons (Fsp3) is 0.500. The van der Waals surface area contributed by atoms with Crippen molar-refractivity contribution in [2.24, 2.45) is 5.92 Å². The normalized spacial score (nSPS) is 20.2. The highest BCUT2D eigenvalue weighted by molar-refractivity contribution is 5.84. The Kier molecular flexibility index (Phi) is 3.90. The molecule has 2 fully saturated rings. The lowest BCUT2D eigenvalue weighted by Gasteiger charge is -2.35. The summed E-state index contributed by atoms with van der Waals surface area (Å²) in [6, 6.07) is 6.28. The minimum Gasteiger partial charge on any atom is -0.342 e. The third-order valence-corrected chi connectivity index (χ3v) is 4.36. The molecule has 1 heterocycles. The number of benzene rings is 1. The standard InChI is InChI=1S/C16H19FN2O2/c17-14-5-3-13(4-6-14)15(12-1-2-12)16(21)19-9-7-18(11-20)8-10-19/h3-6,11-12,15H,1-2,7-10H2. The van der Waals surface area contributed by atoms with Crippen molar-refractivity contribution in [1.29, 1.82) is 0 Å². The number of piperazine rings is 1. The van der Waals surface area contributed by atoms with E-state index in [1.807, 2.05) is 4.90 Å². The second kappa shape index (κ2) is 5.84. The molecule has 1 unspecified atom stereocenters. The van der Waals surface area contributed by atoms with E-state index in [0.29, 0.717) is 32.1 Å². The number of halogens is 1. The molecule has 5 heteroatoms. The first-order valence-corrected chi connectivity index (χ1v) is 7.42. The van der Waals surface area contributed by atoms with Crippen molar-refractivity contribution in [2.75, 3.05) is 26.2 Å². The molecule has 0 bridgehead atoms. The predicted molar refractivity (Wildman–Crippen MR) is 76.1 cm³/mol. The summed E-state index contributed by atoms with van der Waals surface area (Å²) in [4.78, 5) is 27.0. The Balaban J connectivity index is 1.73. The fourth-order valence-corrected chi connectivity index (χ4v) is 2.96. The van der Waals surface area contributed by atoms with Gasteiger partial charge in [0.25, 0.3) is 0 Å². The highest BCUT2D eigenvalue weighted by Crippen LogP contribution is 2.43. The Hall–Kier alpha value is -1.91. The first-order chi connectivity index (χ1) is 10.2. The summed E-state index contributed by atoms with van der Waals surface area (Å²) >= 11 is 0. The van der Waals surface area contributed by atoms with Crippen LogP contribution in [-0.4, -0.2) is 48.3 Å². The van der Waals surface area contributed by atoms with E-state index in [1.165, 1.54) is 12.1 Å². The largest absolute Gasteiger partial charge is 0.342 e. The number of carbonyl (C=O) groups excluding carboxylic acids is 2. The van der Waals surface area contributed by atoms with E-state index in [4.69, 9.17) is 0 Å². The smallest absolute Gasteiger partial charge is 0.230 e. The number of rotatable bonds is 4. The number of hydrogen-bond donors (Lipinski definition) is 0. The molecule has 1 saturated heterocycles. The van der Waals surface area contributed by atoms with Crippen LogP contribution in [0, 0.1) is 11.7 Å². The van der Waals surface area contributed by atoms with Crippen molar-refractivity contribution in [2.45, 2.75) is 18.8 Å². The van der Waals surface area contributed by atoms with Crippen LogP contribution in [-0.2, 0) is 9.59 Å². The van der Waals surface area contributed by atoms with Crippen LogP contribution in [0.1, 0.15) is 24.3 Å². The molecule has 1 aromatic carbocycles. The first-order valence-electron chi connectivity index (χ1n) is 7.42. The van der Waals surface area contributed by atoms with Gasteiger partial charge in [-0.3, -0.25) is 9.59 Å². The number of hydrogen-bond acceptors (Lipinski definition) is 2. The van der Waals surface area contributed by atoms with Gasteiger partial charge in [0.15, 0.2) is 0 Å². The molecule has 0 spiro atoms. The van der Waals surface area contributed by atoms with Gasteiger partial charge in [0.1, 0.15) is 5.82 Å². The lowest BCUT2D eigenvalue weighted by Crippen LogP contribution is -2.49. The third-order valence-electron chi connectivity index (χ3n) is 4.36. The molecule has 112 valence electrons. The third kappa shape index (κ3) is 3.06. The number of amides is 2. The fourth-order valence-electron chi connectivity index (χ4n) is 2.96. The molecule has 1 aliphatic carbocycles. The maximum absolute atomic E-state index is 13.1. The second-order valence-corrected chi connectivity index (χ2v) is 5.83. The van der Waals surface area contributed by atoms with Gasteiger partial charge in [-0.05, 0) is 36.5 Å². The van der Waals surface area contributed by atoms with E-state index in [-0.39, 0.29) is 17.6 Å². The van der Waals surface area contributed by atoms with E-state index >= 15 is 0 Å². The van der Waals surface area contributed by atoms with E-state index < -0.39 is 0 Å². The van der Waals surface area contributed by atoms with Gasteiger partial charge in [0.2, 0.25) is 12.3 Å². The molecule has 1 saturated carbocycles. The minimum atomic E-state index is -0.277. The minimum absolute atomic E-state index is 0.120. The average Bonchev–Trinajstić information content (AvgIpc) is 3.34. The Morgan fingerprint density at radius 2 is 1.76 bits per heavy atom. The highest BCUT2D eigenvalue weighted by atomic mass is 19.1. The summed E-state index contributed by atoms with van der Waals surface area (Å²) in [6.07, 6.45) is 2.95. The molecule has 21 heavy (non-hydrogen) atoms. The average molecular weight is 290 g/mol. The molecule has 0 aromatic heterocycles. The Bertz CT molecular complexity index is 520. The summed E-state index contributed by atoms with van der Waals surface area (Å²) in [5.41, 5.74) is 0.904. The maximum Gasteiger partial charge on any atom is 0.230 e. The zero-order valence-corrected chi connectivity index (χ0v) is 11.9. The van der Waals surface area contributed by atoms with Crippen LogP contribution in [0.5, 0.6) is 0 Å². The molecule has 0 N–H and O–H groups in total. The quantitative estimate of drug-likeness (QED) is 0.791. The van der Waals surface area contributed by atoms with E-state index in [9.17, 15) is 14.0 Å². The highest BCUT2D eigenvalue weighted by Gasteiger charge is 2.39. The van der Waals surface area contributed by atoms with E-state index in [2.05, 4.69) is 0 Å². The van der Waals surface area contributed by atoms with Gasteiger partial charge in [-0.15, -0.1) is 0 Å². The molecular formula is C16H19FN2O2. The van der Waals surface area contributed by atoms with Gasteiger partial charge in [0.05, 0.1) is 5.92 Å². The summed E-state index contributed by atoms with van der Waals surface area (Å²) in [5, 5.41) is 0. The monoisotopic (exact) mass is 290 g/mol. The van der Waals surface area contributed by atoms with Crippen LogP contribution in [0.3, 0.4) is 0 Å². The molecule has 1 aliphatic heterocycles. The van der Waals surface area contributed by atoms with Crippen molar-refractivity contribution < 1.29 is 14.0 Å². The molecule has 2 amide bonds. The summed E-state index contributed by atoms with van der Waals surface area (Å²) < 4.78 is 13.1. The molecule has 0 radical (unpaired) electrons. The Labute approximate surface area is 123 Å². The van der Waals surface area contributed by atoms with Crippen LogP contribution in [0.15, 0.2) is 24.3 Å². The predicted octanol–water partition coefficient (Wildman–Crippen LogP) is 1.62. The lowest BCUT2D eigenvalue weighted by atomic mass is 9.92. The van der Waals surface area contributed by atoms with Gasteiger partial charge in [-0.1, -0.05) is 12.1 Å². The van der Waals surface area contributed by atoms with Crippen molar-refractivity contribution in [1.82, 2.24) is 9.80 Å². The molecule has 1 atom stereocenters. The topological polar surface area (TPSA) is 40.6 Å². The van der Waals surface area contributed by atoms with Gasteiger partial charge in [-0.25, -0.2) is 4.39 Å². The summed E-state index contributed by atoms with van der Waals surface area (Å²) in [7, 11) is 0. The second-order valence-electron chi connectivity index (χ2n) is 5.83. The molecule has 1 aromatic rings. The Morgan fingerprint density at radius 3 is 2.29 bits per heavy atom. The molecule has 4 nitrogen and oxygen atoms in total. The van der Waals surface area contributed by atoms with Crippen LogP contribution in [0.4, 0.5) is 4.39 Å². The van der Waals surface area contributed by atoms with Crippen molar-refractivity contribution in [3.05, 3.63) is 35.6 Å². The molecule has 2 aliphatic rings. The van der Waals surface area contributed by atoms with Gasteiger partial charge in [0, 0.05) is 26.2 Å². The summed E-state index contributed by atoms with van der Waals surface area (Å²) in [5.74, 6) is 0.0652. The SMILES string of the molecule is O=CN1CCN(C(=O)C(c2ccc(F)cc2)C2CC2)CC1. The van der Waals surface area contributed by atoms with Crippen molar-refractivity contribution in [3.8, 4) is 0 Å². The zero-order valence-electron chi connectivity index (χ0n) is 11.9. The molecule has 3 rings (SSSR count). The summed E-state index contributed by atoms with van der Waals surface area (Å²) in [6.45, 7) is 2.36. The maximum atomic E-state index is 13.1. The number of carbonyl (C=O) groups is 2. The van der Waals surface area contributed by atoms with E-state index in [1.54, 1.807) is 17.0 Å². The Morgan fingerprint density at radius 1 is 1.14 bits per heavy atom. The van der Waals surface area contributed by atoms with Crippen LogP contribution in [0.25, 0.3) is 0 Å². The van der Waals surface area contributed by atoms with Gasteiger partial charge in [-0.2, -0.15) is 0 Å². The molecular weight excluding hydrogens is 271 g/mol. The van der Waals surface area contributed by atoms with Crippen LogP contribution >= 0.6 is 0 Å². The zero-order chi connectivity index (χ0) is 14.8. The van der Waals surface area contributed by atoms with Crippen LogP contribution < -0.4 is 0 Å². The van der Waals surface area contributed by atoms with Crippen molar-refractivity contribution >= 4 is 12.3 Å². The first kappa shape index (κ1) is 14.0. The number of nitrogens with zero attached hydrogens (tertiary/aromatic N) is 2. The van der Waals surface area contributed by atoms with Crippen LogP contribution in [0.2, 0.25) is 0 Å². The van der Waals surface area contributed by atoms with E-state index in [0.717, 1.165) is 24.8 Å². The van der Waals surface area contributed by atoms with Gasteiger partial charge >= 0.3 is 0 Å². The lowest BCUT2D eigenvalue weighted by molar-refractivity contribution is -0.137. The van der Waals surface area contributed by atoms with Gasteiger partial charge < -0.3 is 9.80 Å².